The van der Waals surface area contributed by atoms with Gasteiger partial charge in [-0.15, -0.1) is 23.7 Å². The van der Waals surface area contributed by atoms with Gasteiger partial charge in [0.25, 0.3) is 11.8 Å². The summed E-state index contributed by atoms with van der Waals surface area (Å²) in [5, 5.41) is 11.7. The smallest absolute Gasteiger partial charge is 0.256 e. The summed E-state index contributed by atoms with van der Waals surface area (Å²) >= 11 is 1.37. The molecule has 1 aromatic heterocycles. The monoisotopic (exact) mass is 407 g/mol. The van der Waals surface area contributed by atoms with Crippen LogP contribution in [0.5, 0.6) is 0 Å². The molecule has 5 nitrogen and oxygen atoms in total. The summed E-state index contributed by atoms with van der Waals surface area (Å²) in [4.78, 5) is 25.1. The number of halogens is 1. The van der Waals surface area contributed by atoms with E-state index in [4.69, 9.17) is 0 Å². The third kappa shape index (κ3) is 5.54. The lowest BCUT2D eigenvalue weighted by Crippen LogP contribution is -2.42. The molecule has 3 rings (SSSR count). The first-order valence-corrected chi connectivity index (χ1v) is 9.93. The van der Waals surface area contributed by atoms with Gasteiger partial charge in [-0.05, 0) is 61.0 Å². The number of thiophene rings is 1. The Morgan fingerprint density at radius 2 is 1.74 bits per heavy atom. The van der Waals surface area contributed by atoms with Gasteiger partial charge in [0.2, 0.25) is 0 Å². The Hall–Kier alpha value is -1.89. The molecule has 0 aliphatic carbocycles. The normalized spacial score (nSPS) is 14.5. The van der Waals surface area contributed by atoms with Crippen LogP contribution in [0.2, 0.25) is 0 Å². The lowest BCUT2D eigenvalue weighted by Gasteiger charge is -2.23. The van der Waals surface area contributed by atoms with Gasteiger partial charge in [0, 0.05) is 11.6 Å². The van der Waals surface area contributed by atoms with Crippen molar-refractivity contribution in [2.75, 3.05) is 18.4 Å². The van der Waals surface area contributed by atoms with Gasteiger partial charge in [-0.2, -0.15) is 0 Å². The maximum atomic E-state index is 12.6. The van der Waals surface area contributed by atoms with E-state index < -0.39 is 0 Å². The van der Waals surface area contributed by atoms with Gasteiger partial charge in [0.1, 0.15) is 5.00 Å². The average molecular weight is 408 g/mol. The molecule has 2 heterocycles. The van der Waals surface area contributed by atoms with E-state index in [0.29, 0.717) is 22.0 Å². The Kier molecular flexibility index (Phi) is 7.83. The van der Waals surface area contributed by atoms with Crippen LogP contribution in [-0.4, -0.2) is 30.9 Å². The van der Waals surface area contributed by atoms with E-state index >= 15 is 0 Å². The standard InChI is InChI=1S/C20H25N3O2S.ClH/c1-13(2)14-3-5-15(6-4-14)18(24)23-20-17(9-12-26-20)19(25)22-16-7-10-21-11-8-16;/h3-6,9,12-13,16,21H,7-8,10-11H2,1-2H3,(H,22,25)(H,23,24);1H. The first-order chi connectivity index (χ1) is 12.5. The summed E-state index contributed by atoms with van der Waals surface area (Å²) in [5.74, 6) is 0.108. The molecule has 146 valence electrons. The molecule has 0 spiro atoms. The minimum atomic E-state index is -0.196. The largest absolute Gasteiger partial charge is 0.349 e. The van der Waals surface area contributed by atoms with E-state index in [1.165, 1.54) is 16.9 Å². The summed E-state index contributed by atoms with van der Waals surface area (Å²) < 4.78 is 0. The van der Waals surface area contributed by atoms with Crippen LogP contribution in [0, 0.1) is 0 Å². The van der Waals surface area contributed by atoms with Crippen LogP contribution < -0.4 is 16.0 Å². The Bertz CT molecular complexity index is 768. The molecule has 0 radical (unpaired) electrons. The summed E-state index contributed by atoms with van der Waals surface area (Å²) in [5.41, 5.74) is 2.31. The predicted octanol–water partition coefficient (Wildman–Crippen LogP) is 4.03. The highest BCUT2D eigenvalue weighted by Gasteiger charge is 2.20. The van der Waals surface area contributed by atoms with Crippen molar-refractivity contribution in [2.24, 2.45) is 0 Å². The number of carbonyl (C=O) groups excluding carboxylic acids is 2. The molecule has 1 aliphatic heterocycles. The lowest BCUT2D eigenvalue weighted by atomic mass is 10.0. The Morgan fingerprint density at radius 3 is 2.37 bits per heavy atom. The van der Waals surface area contributed by atoms with Gasteiger partial charge in [-0.25, -0.2) is 0 Å². The van der Waals surface area contributed by atoms with E-state index in [-0.39, 0.29) is 30.3 Å². The van der Waals surface area contributed by atoms with Crippen LogP contribution in [-0.2, 0) is 0 Å². The van der Waals surface area contributed by atoms with Gasteiger partial charge in [0.15, 0.2) is 0 Å². The lowest BCUT2D eigenvalue weighted by molar-refractivity contribution is 0.0931. The topological polar surface area (TPSA) is 70.2 Å². The maximum absolute atomic E-state index is 12.6. The number of rotatable bonds is 5. The van der Waals surface area contributed by atoms with Crippen LogP contribution >= 0.6 is 23.7 Å². The highest BCUT2D eigenvalue weighted by atomic mass is 35.5. The molecule has 0 atom stereocenters. The second-order valence-corrected chi connectivity index (χ2v) is 7.81. The maximum Gasteiger partial charge on any atom is 0.256 e. The van der Waals surface area contributed by atoms with Crippen molar-refractivity contribution in [3.63, 3.8) is 0 Å². The van der Waals surface area contributed by atoms with Crippen molar-refractivity contribution >= 4 is 40.6 Å². The molecule has 0 saturated carbocycles. The van der Waals surface area contributed by atoms with E-state index in [1.807, 2.05) is 29.6 Å². The second-order valence-electron chi connectivity index (χ2n) is 6.89. The van der Waals surface area contributed by atoms with E-state index in [1.54, 1.807) is 6.07 Å². The van der Waals surface area contributed by atoms with Crippen molar-refractivity contribution in [1.29, 1.82) is 0 Å². The molecule has 1 saturated heterocycles. The molecule has 1 fully saturated rings. The molecule has 7 heteroatoms. The van der Waals surface area contributed by atoms with Gasteiger partial charge >= 0.3 is 0 Å². The zero-order valence-electron chi connectivity index (χ0n) is 15.6. The van der Waals surface area contributed by atoms with Crippen LogP contribution in [0.15, 0.2) is 35.7 Å². The first-order valence-electron chi connectivity index (χ1n) is 9.05. The molecule has 1 aromatic carbocycles. The molecule has 1 aliphatic rings. The Morgan fingerprint density at radius 1 is 1.07 bits per heavy atom. The highest BCUT2D eigenvalue weighted by Crippen LogP contribution is 2.24. The third-order valence-electron chi connectivity index (χ3n) is 4.65. The number of piperidine rings is 1. The molecule has 2 amide bonds. The average Bonchev–Trinajstić information content (AvgIpc) is 3.11. The van der Waals surface area contributed by atoms with Crippen LogP contribution in [0.1, 0.15) is 58.9 Å². The molecular weight excluding hydrogens is 382 g/mol. The molecule has 3 N–H and O–H groups in total. The number of benzene rings is 1. The number of amides is 2. The molecule has 2 aromatic rings. The summed E-state index contributed by atoms with van der Waals surface area (Å²) in [6.45, 7) is 6.08. The van der Waals surface area contributed by atoms with Crippen molar-refractivity contribution in [1.82, 2.24) is 10.6 Å². The second kappa shape index (κ2) is 9.88. The van der Waals surface area contributed by atoms with Gasteiger partial charge in [0.05, 0.1) is 5.56 Å². The zero-order valence-corrected chi connectivity index (χ0v) is 17.2. The molecule has 27 heavy (non-hydrogen) atoms. The minimum absolute atomic E-state index is 0. The van der Waals surface area contributed by atoms with Crippen molar-refractivity contribution < 1.29 is 9.59 Å². The van der Waals surface area contributed by atoms with Crippen LogP contribution in [0.4, 0.5) is 5.00 Å². The van der Waals surface area contributed by atoms with Crippen molar-refractivity contribution in [3.05, 3.63) is 52.4 Å². The fourth-order valence-electron chi connectivity index (χ4n) is 3.01. The summed E-state index contributed by atoms with van der Waals surface area (Å²) in [7, 11) is 0. The number of hydrogen-bond acceptors (Lipinski definition) is 4. The van der Waals surface area contributed by atoms with Crippen LogP contribution in [0.25, 0.3) is 0 Å². The Balaban J connectivity index is 0.00000261. The molecular formula is C20H26ClN3O2S. The number of hydrogen-bond donors (Lipinski definition) is 3. The van der Waals surface area contributed by atoms with Crippen molar-refractivity contribution in [2.45, 2.75) is 38.6 Å². The quantitative estimate of drug-likeness (QED) is 0.700. The summed E-state index contributed by atoms with van der Waals surface area (Å²) in [6, 6.07) is 9.55. The van der Waals surface area contributed by atoms with Gasteiger partial charge < -0.3 is 16.0 Å². The Labute approximate surface area is 170 Å². The highest BCUT2D eigenvalue weighted by molar-refractivity contribution is 7.14. The number of carbonyl (C=O) groups is 2. The van der Waals surface area contributed by atoms with E-state index in [0.717, 1.165) is 25.9 Å². The predicted molar refractivity (Wildman–Crippen MR) is 113 cm³/mol. The third-order valence-corrected chi connectivity index (χ3v) is 5.48. The van der Waals surface area contributed by atoms with Crippen LogP contribution in [0.3, 0.4) is 0 Å². The molecule has 0 unspecified atom stereocenters. The van der Waals surface area contributed by atoms with Gasteiger partial charge in [-0.1, -0.05) is 26.0 Å². The fourth-order valence-corrected chi connectivity index (χ4v) is 3.79. The minimum Gasteiger partial charge on any atom is -0.349 e. The number of nitrogens with one attached hydrogen (secondary N) is 3. The number of anilines is 1. The SMILES string of the molecule is CC(C)c1ccc(C(=O)Nc2sccc2C(=O)NC2CCNCC2)cc1.Cl. The zero-order chi connectivity index (χ0) is 18.5. The first kappa shape index (κ1) is 21.4. The van der Waals surface area contributed by atoms with Gasteiger partial charge in [-0.3, -0.25) is 9.59 Å². The van der Waals surface area contributed by atoms with Crippen molar-refractivity contribution in [3.8, 4) is 0 Å². The molecule has 0 bridgehead atoms. The fraction of sp³-hybridized carbons (Fsp3) is 0.400. The van der Waals surface area contributed by atoms with E-state index in [2.05, 4.69) is 29.8 Å². The summed E-state index contributed by atoms with van der Waals surface area (Å²) in [6.07, 6.45) is 1.86. The van der Waals surface area contributed by atoms with E-state index in [9.17, 15) is 9.59 Å².